The molecular formula is C31H37NO2. The Morgan fingerprint density at radius 1 is 0.941 bits per heavy atom. The fourth-order valence-electron chi connectivity index (χ4n) is 6.17. The molecule has 3 nitrogen and oxygen atoms in total. The maximum absolute atomic E-state index is 13.4. The largest absolute Gasteiger partial charge is 0.469 e. The summed E-state index contributed by atoms with van der Waals surface area (Å²) >= 11 is 0. The van der Waals surface area contributed by atoms with E-state index >= 15 is 0 Å². The fourth-order valence-corrected chi connectivity index (χ4v) is 6.17. The van der Waals surface area contributed by atoms with Crippen molar-refractivity contribution in [3.63, 3.8) is 0 Å². The van der Waals surface area contributed by atoms with Crippen molar-refractivity contribution in [1.82, 2.24) is 4.90 Å². The van der Waals surface area contributed by atoms with Crippen molar-refractivity contribution in [2.45, 2.75) is 65.1 Å². The number of benzene rings is 3. The predicted molar refractivity (Wildman–Crippen MR) is 139 cm³/mol. The number of aryl methyl sites for hydroxylation is 3. The summed E-state index contributed by atoms with van der Waals surface area (Å²) in [6.07, 6.45) is 1.96. The summed E-state index contributed by atoms with van der Waals surface area (Å²) in [5.41, 5.74) is 7.70. The molecule has 3 aromatic carbocycles. The van der Waals surface area contributed by atoms with Crippen molar-refractivity contribution in [3.05, 3.63) is 106 Å². The highest BCUT2D eigenvalue weighted by molar-refractivity contribution is 5.75. The molecule has 0 aromatic heterocycles. The van der Waals surface area contributed by atoms with Gasteiger partial charge in [-0.15, -0.1) is 0 Å². The predicted octanol–water partition coefficient (Wildman–Crippen LogP) is 6.91. The molecule has 34 heavy (non-hydrogen) atoms. The van der Waals surface area contributed by atoms with Gasteiger partial charge in [-0.3, -0.25) is 9.69 Å². The molecule has 1 saturated carbocycles. The molecule has 1 aliphatic carbocycles. The summed E-state index contributed by atoms with van der Waals surface area (Å²) in [6.45, 7) is 9.58. The van der Waals surface area contributed by atoms with Gasteiger partial charge in [-0.1, -0.05) is 78.4 Å². The van der Waals surface area contributed by atoms with Gasteiger partial charge in [0.1, 0.15) is 0 Å². The Kier molecular flexibility index (Phi) is 7.53. The van der Waals surface area contributed by atoms with Gasteiger partial charge in [0.2, 0.25) is 0 Å². The lowest BCUT2D eigenvalue weighted by Gasteiger charge is -2.38. The van der Waals surface area contributed by atoms with Crippen molar-refractivity contribution in [1.29, 1.82) is 0 Å². The molecule has 4 atom stereocenters. The molecule has 0 radical (unpaired) electrons. The molecule has 3 heteroatoms. The lowest BCUT2D eigenvalue weighted by atomic mass is 9.81. The molecule has 178 valence electrons. The van der Waals surface area contributed by atoms with Crippen LogP contribution in [-0.2, 0) is 16.1 Å². The highest BCUT2D eigenvalue weighted by Crippen LogP contribution is 2.47. The second-order valence-electron chi connectivity index (χ2n) is 9.86. The molecule has 4 rings (SSSR count). The number of ether oxygens (including phenoxy) is 1. The highest BCUT2D eigenvalue weighted by atomic mass is 16.5. The van der Waals surface area contributed by atoms with E-state index in [0.717, 1.165) is 19.4 Å². The zero-order valence-electron chi connectivity index (χ0n) is 21.1. The first-order chi connectivity index (χ1) is 16.4. The molecular weight excluding hydrogens is 418 g/mol. The molecule has 0 aliphatic heterocycles. The average molecular weight is 456 g/mol. The molecule has 0 spiro atoms. The van der Waals surface area contributed by atoms with Crippen molar-refractivity contribution < 1.29 is 9.53 Å². The quantitative estimate of drug-likeness (QED) is 0.363. The van der Waals surface area contributed by atoms with Gasteiger partial charge >= 0.3 is 5.97 Å². The molecule has 0 saturated heterocycles. The fraction of sp³-hybridized carbons (Fsp3) is 0.387. The van der Waals surface area contributed by atoms with Crippen molar-refractivity contribution >= 4 is 5.97 Å². The van der Waals surface area contributed by atoms with Crippen LogP contribution in [0.1, 0.15) is 65.1 Å². The van der Waals surface area contributed by atoms with E-state index in [-0.39, 0.29) is 29.9 Å². The van der Waals surface area contributed by atoms with Crippen molar-refractivity contribution in [2.24, 2.45) is 5.92 Å². The smallest absolute Gasteiger partial charge is 0.310 e. The third-order valence-corrected chi connectivity index (χ3v) is 7.62. The van der Waals surface area contributed by atoms with E-state index in [4.69, 9.17) is 4.74 Å². The Morgan fingerprint density at radius 2 is 1.53 bits per heavy atom. The van der Waals surface area contributed by atoms with Crippen LogP contribution < -0.4 is 0 Å². The summed E-state index contributed by atoms with van der Waals surface area (Å²) < 4.78 is 5.44. The van der Waals surface area contributed by atoms with Gasteiger partial charge in [0.25, 0.3) is 0 Å². The summed E-state index contributed by atoms with van der Waals surface area (Å²) in [4.78, 5) is 15.9. The number of nitrogens with zero attached hydrogens (tertiary/aromatic N) is 1. The SMILES string of the molecule is COC(=O)[C@@H]1[C@@H](c2c(C)cc(C)cc2C)CC[C@@H]1N(Cc1ccccc1)[C@@H](C)c1ccccc1. The van der Waals surface area contributed by atoms with Crippen LogP contribution in [0.3, 0.4) is 0 Å². The Bertz CT molecular complexity index is 1090. The second-order valence-corrected chi connectivity index (χ2v) is 9.86. The number of carbonyl (C=O) groups excluding carboxylic acids is 1. The van der Waals surface area contributed by atoms with Crippen LogP contribution in [0.5, 0.6) is 0 Å². The van der Waals surface area contributed by atoms with Gasteiger partial charge in [-0.2, -0.15) is 0 Å². The van der Waals surface area contributed by atoms with E-state index < -0.39 is 0 Å². The maximum Gasteiger partial charge on any atom is 0.310 e. The van der Waals surface area contributed by atoms with Crippen LogP contribution in [0, 0.1) is 26.7 Å². The van der Waals surface area contributed by atoms with E-state index in [1.807, 2.05) is 0 Å². The second kappa shape index (κ2) is 10.6. The van der Waals surface area contributed by atoms with Crippen LogP contribution in [0.15, 0.2) is 72.8 Å². The Labute approximate surface area is 204 Å². The average Bonchev–Trinajstić information content (AvgIpc) is 3.26. The lowest BCUT2D eigenvalue weighted by Crippen LogP contribution is -2.43. The normalized spacial score (nSPS) is 20.9. The van der Waals surface area contributed by atoms with Gasteiger partial charge in [0.15, 0.2) is 0 Å². The first-order valence-corrected chi connectivity index (χ1v) is 12.4. The van der Waals surface area contributed by atoms with Crippen LogP contribution in [0.2, 0.25) is 0 Å². The highest BCUT2D eigenvalue weighted by Gasteiger charge is 2.47. The third-order valence-electron chi connectivity index (χ3n) is 7.62. The zero-order valence-corrected chi connectivity index (χ0v) is 21.1. The summed E-state index contributed by atoms with van der Waals surface area (Å²) in [6, 6.07) is 26.0. The zero-order chi connectivity index (χ0) is 24.2. The minimum absolute atomic E-state index is 0.0924. The van der Waals surface area contributed by atoms with E-state index in [0.29, 0.717) is 0 Å². The standard InChI is InChI=1S/C31H37NO2/c1-21-18-22(2)29(23(3)19-21)27-16-17-28(30(27)31(33)34-5)32(20-25-12-8-6-9-13-25)24(4)26-14-10-7-11-15-26/h6-15,18-19,24,27-28,30H,16-17,20H2,1-5H3/t24-,27+,28-,30+/m0/s1. The van der Waals surface area contributed by atoms with E-state index in [2.05, 4.69) is 105 Å². The number of rotatable bonds is 7. The Hall–Kier alpha value is -2.91. The number of methoxy groups -OCH3 is 1. The van der Waals surface area contributed by atoms with Crippen molar-refractivity contribution in [3.8, 4) is 0 Å². The number of hydrogen-bond acceptors (Lipinski definition) is 3. The topological polar surface area (TPSA) is 29.5 Å². The van der Waals surface area contributed by atoms with E-state index in [1.165, 1.54) is 40.5 Å². The molecule has 0 heterocycles. The molecule has 0 N–H and O–H groups in total. The Morgan fingerprint density at radius 3 is 2.12 bits per heavy atom. The lowest BCUT2D eigenvalue weighted by molar-refractivity contribution is -0.148. The monoisotopic (exact) mass is 455 g/mol. The van der Waals surface area contributed by atoms with Gasteiger partial charge < -0.3 is 4.74 Å². The van der Waals surface area contributed by atoms with Crippen molar-refractivity contribution in [2.75, 3.05) is 7.11 Å². The molecule has 1 fully saturated rings. The minimum Gasteiger partial charge on any atom is -0.469 e. The first kappa shape index (κ1) is 24.2. The van der Waals surface area contributed by atoms with Crippen LogP contribution in [0.25, 0.3) is 0 Å². The maximum atomic E-state index is 13.4. The number of esters is 1. The molecule has 0 amide bonds. The van der Waals surface area contributed by atoms with Crippen LogP contribution >= 0.6 is 0 Å². The number of carbonyl (C=O) groups is 1. The summed E-state index contributed by atoms with van der Waals surface area (Å²) in [7, 11) is 1.53. The number of hydrogen-bond donors (Lipinski definition) is 0. The van der Waals surface area contributed by atoms with Gasteiger partial charge in [-0.25, -0.2) is 0 Å². The molecule has 1 aliphatic rings. The Balaban J connectivity index is 1.76. The van der Waals surface area contributed by atoms with Crippen LogP contribution in [-0.4, -0.2) is 24.0 Å². The molecule has 0 bridgehead atoms. The van der Waals surface area contributed by atoms with Crippen LogP contribution in [0.4, 0.5) is 0 Å². The van der Waals surface area contributed by atoms with Gasteiger partial charge in [0.05, 0.1) is 13.0 Å². The van der Waals surface area contributed by atoms with E-state index in [1.54, 1.807) is 0 Å². The minimum atomic E-state index is -0.194. The molecule has 3 aromatic rings. The van der Waals surface area contributed by atoms with Gasteiger partial charge in [0, 0.05) is 18.6 Å². The van der Waals surface area contributed by atoms with E-state index in [9.17, 15) is 4.79 Å². The third kappa shape index (κ3) is 4.95. The summed E-state index contributed by atoms with van der Waals surface area (Å²) in [5, 5.41) is 0. The van der Waals surface area contributed by atoms with Gasteiger partial charge in [-0.05, 0) is 74.3 Å². The summed E-state index contributed by atoms with van der Waals surface area (Å²) in [5.74, 6) is -0.121. The first-order valence-electron chi connectivity index (χ1n) is 12.4. The molecule has 0 unspecified atom stereocenters.